The third kappa shape index (κ3) is 3.25. The lowest BCUT2D eigenvalue weighted by atomic mass is 9.78. The Morgan fingerprint density at radius 1 is 1.17 bits per heavy atom. The minimum Gasteiger partial charge on any atom is -0.330 e. The van der Waals surface area contributed by atoms with Gasteiger partial charge >= 0.3 is 0 Å². The van der Waals surface area contributed by atoms with E-state index in [1.54, 1.807) is 0 Å². The van der Waals surface area contributed by atoms with Gasteiger partial charge in [-0.25, -0.2) is 0 Å². The van der Waals surface area contributed by atoms with Gasteiger partial charge < -0.3 is 10.6 Å². The van der Waals surface area contributed by atoms with Crippen molar-refractivity contribution >= 4 is 0 Å². The molecule has 2 fully saturated rings. The summed E-state index contributed by atoms with van der Waals surface area (Å²) < 4.78 is 0. The first-order valence-corrected chi connectivity index (χ1v) is 7.76. The molecule has 0 aromatic carbocycles. The molecule has 1 aliphatic heterocycles. The van der Waals surface area contributed by atoms with Gasteiger partial charge in [0.1, 0.15) is 0 Å². The molecule has 1 saturated carbocycles. The second-order valence-corrected chi connectivity index (χ2v) is 6.68. The number of hydrogen-bond acceptors (Lipinski definition) is 3. The molecule has 2 aliphatic rings. The van der Waals surface area contributed by atoms with Crippen LogP contribution in [0.25, 0.3) is 0 Å². The summed E-state index contributed by atoms with van der Waals surface area (Å²) in [6, 6.07) is 1.42. The molecule has 18 heavy (non-hydrogen) atoms. The molecule has 0 aromatic rings. The van der Waals surface area contributed by atoms with Gasteiger partial charge in [0, 0.05) is 18.6 Å². The summed E-state index contributed by atoms with van der Waals surface area (Å²) in [6.45, 7) is 9.40. The Kier molecular flexibility index (Phi) is 5.05. The van der Waals surface area contributed by atoms with Crippen LogP contribution in [0.2, 0.25) is 0 Å². The molecule has 106 valence electrons. The van der Waals surface area contributed by atoms with Crippen molar-refractivity contribution in [2.45, 2.75) is 51.6 Å². The third-order valence-electron chi connectivity index (χ3n) is 5.05. The summed E-state index contributed by atoms with van der Waals surface area (Å²) in [5.74, 6) is 1.61. The lowest BCUT2D eigenvalue weighted by Crippen LogP contribution is -2.51. The van der Waals surface area contributed by atoms with E-state index in [0.717, 1.165) is 24.4 Å². The van der Waals surface area contributed by atoms with Crippen molar-refractivity contribution in [3.05, 3.63) is 0 Å². The van der Waals surface area contributed by atoms with Crippen LogP contribution in [-0.2, 0) is 0 Å². The van der Waals surface area contributed by atoms with E-state index in [2.05, 4.69) is 30.7 Å². The lowest BCUT2D eigenvalue weighted by Gasteiger charge is -2.44. The van der Waals surface area contributed by atoms with Crippen molar-refractivity contribution < 1.29 is 0 Å². The predicted molar refractivity (Wildman–Crippen MR) is 77.6 cm³/mol. The molecule has 3 heteroatoms. The fourth-order valence-corrected chi connectivity index (χ4v) is 3.98. The van der Waals surface area contributed by atoms with Gasteiger partial charge in [-0.05, 0) is 64.7 Å². The highest BCUT2D eigenvalue weighted by atomic mass is 15.2. The van der Waals surface area contributed by atoms with E-state index >= 15 is 0 Å². The van der Waals surface area contributed by atoms with Gasteiger partial charge in [-0.1, -0.05) is 13.3 Å². The molecular weight excluding hydrogens is 222 g/mol. The van der Waals surface area contributed by atoms with Crippen LogP contribution in [0.15, 0.2) is 0 Å². The minimum absolute atomic E-state index is 0.682. The highest BCUT2D eigenvalue weighted by Crippen LogP contribution is 2.33. The maximum Gasteiger partial charge on any atom is 0.0197 e. The van der Waals surface area contributed by atoms with Crippen molar-refractivity contribution in [1.82, 2.24) is 9.80 Å². The third-order valence-corrected chi connectivity index (χ3v) is 5.05. The Hall–Kier alpha value is -0.120. The zero-order chi connectivity index (χ0) is 13.1. The molecule has 1 saturated heterocycles. The summed E-state index contributed by atoms with van der Waals surface area (Å²) in [7, 11) is 2.25. The average molecular weight is 253 g/mol. The first-order valence-electron chi connectivity index (χ1n) is 7.76. The molecule has 0 radical (unpaired) electrons. The van der Waals surface area contributed by atoms with Crippen molar-refractivity contribution in [1.29, 1.82) is 0 Å². The van der Waals surface area contributed by atoms with E-state index in [0.29, 0.717) is 6.04 Å². The molecule has 0 aromatic heterocycles. The Morgan fingerprint density at radius 2 is 1.94 bits per heavy atom. The summed E-state index contributed by atoms with van der Waals surface area (Å²) in [6.07, 6.45) is 5.38. The highest BCUT2D eigenvalue weighted by molar-refractivity contribution is 4.90. The van der Waals surface area contributed by atoms with Crippen LogP contribution < -0.4 is 5.73 Å². The smallest absolute Gasteiger partial charge is 0.0197 e. The first-order chi connectivity index (χ1) is 8.61. The summed E-state index contributed by atoms with van der Waals surface area (Å²) in [5.41, 5.74) is 6.02. The van der Waals surface area contributed by atoms with E-state index in [1.165, 1.54) is 45.3 Å². The number of nitrogens with two attached hydrogens (primary N) is 1. The predicted octanol–water partition coefficient (Wildman–Crippen LogP) is 1.78. The van der Waals surface area contributed by atoms with E-state index in [1.807, 2.05) is 0 Å². The van der Waals surface area contributed by atoms with Gasteiger partial charge in [0.25, 0.3) is 0 Å². The van der Waals surface area contributed by atoms with Crippen molar-refractivity contribution in [2.75, 3.05) is 33.2 Å². The number of rotatable bonds is 2. The topological polar surface area (TPSA) is 32.5 Å². The molecule has 4 atom stereocenters. The average Bonchev–Trinajstić information content (AvgIpc) is 2.50. The van der Waals surface area contributed by atoms with Gasteiger partial charge in [-0.15, -0.1) is 0 Å². The molecule has 0 amide bonds. The maximum atomic E-state index is 6.02. The van der Waals surface area contributed by atoms with Gasteiger partial charge in [0.15, 0.2) is 0 Å². The summed E-state index contributed by atoms with van der Waals surface area (Å²) in [5, 5.41) is 0. The van der Waals surface area contributed by atoms with Gasteiger partial charge in [-0.2, -0.15) is 0 Å². The van der Waals surface area contributed by atoms with Crippen LogP contribution in [-0.4, -0.2) is 55.1 Å². The monoisotopic (exact) mass is 253 g/mol. The van der Waals surface area contributed by atoms with Crippen LogP contribution in [0.4, 0.5) is 0 Å². The van der Waals surface area contributed by atoms with Crippen LogP contribution in [0.1, 0.15) is 39.5 Å². The van der Waals surface area contributed by atoms with Gasteiger partial charge in [-0.3, -0.25) is 4.90 Å². The Morgan fingerprint density at radius 3 is 2.67 bits per heavy atom. The fourth-order valence-electron chi connectivity index (χ4n) is 3.98. The Labute approximate surface area is 113 Å². The SMILES string of the molecule is CC1CCC(CN)C(N2CCCN(C)CC2C)C1. The Balaban J connectivity index is 2.06. The standard InChI is InChI=1S/C15H31N3/c1-12-5-6-14(10-16)15(9-12)18-8-4-7-17(3)11-13(18)2/h12-15H,4-11,16H2,1-3H3. The lowest BCUT2D eigenvalue weighted by molar-refractivity contribution is 0.0573. The normalized spacial score (nSPS) is 40.7. The molecule has 4 unspecified atom stereocenters. The second kappa shape index (κ2) is 6.36. The van der Waals surface area contributed by atoms with Gasteiger partial charge in [0.2, 0.25) is 0 Å². The van der Waals surface area contributed by atoms with Crippen LogP contribution in [0.5, 0.6) is 0 Å². The highest BCUT2D eigenvalue weighted by Gasteiger charge is 2.35. The van der Waals surface area contributed by atoms with Crippen LogP contribution in [0.3, 0.4) is 0 Å². The minimum atomic E-state index is 0.682. The van der Waals surface area contributed by atoms with Crippen molar-refractivity contribution in [2.24, 2.45) is 17.6 Å². The zero-order valence-corrected chi connectivity index (χ0v) is 12.4. The zero-order valence-electron chi connectivity index (χ0n) is 12.4. The van der Waals surface area contributed by atoms with E-state index in [9.17, 15) is 0 Å². The van der Waals surface area contributed by atoms with Crippen molar-refractivity contribution in [3.8, 4) is 0 Å². The molecule has 2 N–H and O–H groups in total. The molecule has 3 nitrogen and oxygen atoms in total. The number of nitrogens with zero attached hydrogens (tertiary/aromatic N) is 2. The number of hydrogen-bond donors (Lipinski definition) is 1. The molecule has 0 bridgehead atoms. The molecule has 1 heterocycles. The van der Waals surface area contributed by atoms with Gasteiger partial charge in [0.05, 0.1) is 0 Å². The van der Waals surface area contributed by atoms with Crippen LogP contribution in [0, 0.1) is 11.8 Å². The molecule has 2 rings (SSSR count). The molecule has 1 aliphatic carbocycles. The fraction of sp³-hybridized carbons (Fsp3) is 1.00. The summed E-state index contributed by atoms with van der Waals surface area (Å²) in [4.78, 5) is 5.26. The molecule has 0 spiro atoms. The number of likely N-dealkylation sites (N-methyl/N-ethyl adjacent to an activating group) is 1. The maximum absolute atomic E-state index is 6.02. The molecular formula is C15H31N3. The van der Waals surface area contributed by atoms with E-state index in [-0.39, 0.29) is 0 Å². The Bertz CT molecular complexity index is 256. The largest absolute Gasteiger partial charge is 0.330 e. The van der Waals surface area contributed by atoms with E-state index < -0.39 is 0 Å². The summed E-state index contributed by atoms with van der Waals surface area (Å²) >= 11 is 0. The first kappa shape index (κ1) is 14.3. The second-order valence-electron chi connectivity index (χ2n) is 6.68. The van der Waals surface area contributed by atoms with Crippen LogP contribution >= 0.6 is 0 Å². The van der Waals surface area contributed by atoms with E-state index in [4.69, 9.17) is 5.73 Å². The quantitative estimate of drug-likeness (QED) is 0.814. The van der Waals surface area contributed by atoms with Crippen molar-refractivity contribution in [3.63, 3.8) is 0 Å².